The molecule has 2 heterocycles. The highest BCUT2D eigenvalue weighted by atomic mass is 35.5. The SMILES string of the molecule is O=C(NC1CCCCC1CCl)c1cc2sccc2s1. The smallest absolute Gasteiger partial charge is 0.261 e. The molecule has 0 aliphatic heterocycles. The third-order valence-electron chi connectivity index (χ3n) is 3.79. The summed E-state index contributed by atoms with van der Waals surface area (Å²) in [6.45, 7) is 0. The number of carbonyl (C=O) groups is 1. The average Bonchev–Trinajstić information content (AvgIpc) is 3.00. The van der Waals surface area contributed by atoms with Crippen LogP contribution in [0.2, 0.25) is 0 Å². The molecule has 0 spiro atoms. The number of hydrogen-bond donors (Lipinski definition) is 1. The molecule has 2 aromatic rings. The summed E-state index contributed by atoms with van der Waals surface area (Å²) in [7, 11) is 0. The maximum Gasteiger partial charge on any atom is 0.261 e. The van der Waals surface area contributed by atoms with Gasteiger partial charge in [0.25, 0.3) is 5.91 Å². The van der Waals surface area contributed by atoms with E-state index < -0.39 is 0 Å². The van der Waals surface area contributed by atoms with Crippen molar-refractivity contribution < 1.29 is 4.79 Å². The molecule has 0 saturated heterocycles. The fraction of sp³-hybridized carbons (Fsp3) is 0.500. The van der Waals surface area contributed by atoms with E-state index in [1.54, 1.807) is 22.7 Å². The topological polar surface area (TPSA) is 29.1 Å². The van der Waals surface area contributed by atoms with Crippen molar-refractivity contribution in [2.45, 2.75) is 31.7 Å². The van der Waals surface area contributed by atoms with Crippen LogP contribution in [0.4, 0.5) is 0 Å². The van der Waals surface area contributed by atoms with Crippen LogP contribution in [0.1, 0.15) is 35.4 Å². The van der Waals surface area contributed by atoms with Crippen LogP contribution in [0.25, 0.3) is 9.40 Å². The van der Waals surface area contributed by atoms with Crippen molar-refractivity contribution in [1.82, 2.24) is 5.32 Å². The summed E-state index contributed by atoms with van der Waals surface area (Å²) < 4.78 is 2.40. The number of fused-ring (bicyclic) bond motifs is 1. The highest BCUT2D eigenvalue weighted by Gasteiger charge is 2.26. The first-order valence-electron chi connectivity index (χ1n) is 6.62. The maximum absolute atomic E-state index is 12.3. The molecular weight excluding hydrogens is 298 g/mol. The Labute approximate surface area is 125 Å². The minimum atomic E-state index is 0.0652. The lowest BCUT2D eigenvalue weighted by Crippen LogP contribution is -2.42. The van der Waals surface area contributed by atoms with Crippen LogP contribution in [0, 0.1) is 5.92 Å². The van der Waals surface area contributed by atoms with Gasteiger partial charge in [-0.2, -0.15) is 0 Å². The Morgan fingerprint density at radius 2 is 2.21 bits per heavy atom. The van der Waals surface area contributed by atoms with Gasteiger partial charge in [-0.1, -0.05) is 12.8 Å². The second kappa shape index (κ2) is 5.81. The summed E-state index contributed by atoms with van der Waals surface area (Å²) in [6.07, 6.45) is 4.62. The van der Waals surface area contributed by atoms with Crippen molar-refractivity contribution >= 4 is 49.6 Å². The molecule has 1 fully saturated rings. The minimum absolute atomic E-state index is 0.0652. The number of alkyl halides is 1. The van der Waals surface area contributed by atoms with Gasteiger partial charge in [-0.3, -0.25) is 4.79 Å². The molecule has 2 unspecified atom stereocenters. The number of nitrogens with one attached hydrogen (secondary N) is 1. The van der Waals surface area contributed by atoms with Gasteiger partial charge in [0.15, 0.2) is 0 Å². The molecule has 1 amide bonds. The predicted octanol–water partition coefficient (Wildman–Crippen LogP) is 4.49. The summed E-state index contributed by atoms with van der Waals surface area (Å²) in [5, 5.41) is 5.24. The van der Waals surface area contributed by atoms with E-state index in [2.05, 4.69) is 16.8 Å². The maximum atomic E-state index is 12.3. The fourth-order valence-electron chi connectivity index (χ4n) is 2.70. The van der Waals surface area contributed by atoms with Crippen LogP contribution in [-0.4, -0.2) is 17.8 Å². The molecule has 0 radical (unpaired) electrons. The number of amides is 1. The number of thiophene rings is 2. The molecule has 1 N–H and O–H groups in total. The Balaban J connectivity index is 1.71. The first-order valence-corrected chi connectivity index (χ1v) is 8.85. The summed E-state index contributed by atoms with van der Waals surface area (Å²) in [5.74, 6) is 1.14. The zero-order valence-electron chi connectivity index (χ0n) is 10.5. The van der Waals surface area contributed by atoms with Crippen LogP contribution in [-0.2, 0) is 0 Å². The predicted molar refractivity (Wildman–Crippen MR) is 83.6 cm³/mol. The third-order valence-corrected chi connectivity index (χ3v) is 6.28. The normalized spacial score (nSPS) is 23.6. The van der Waals surface area contributed by atoms with Gasteiger partial charge in [0.2, 0.25) is 0 Å². The molecule has 3 rings (SSSR count). The van der Waals surface area contributed by atoms with Crippen molar-refractivity contribution in [2.75, 3.05) is 5.88 Å². The molecule has 0 bridgehead atoms. The van der Waals surface area contributed by atoms with Crippen LogP contribution >= 0.6 is 34.3 Å². The van der Waals surface area contributed by atoms with Gasteiger partial charge in [0.05, 0.1) is 4.88 Å². The third kappa shape index (κ3) is 2.81. The molecule has 1 aliphatic carbocycles. The van der Waals surface area contributed by atoms with Gasteiger partial charge < -0.3 is 5.32 Å². The summed E-state index contributed by atoms with van der Waals surface area (Å²) in [4.78, 5) is 13.1. The van der Waals surface area contributed by atoms with E-state index in [-0.39, 0.29) is 11.9 Å². The van der Waals surface area contributed by atoms with Crippen LogP contribution < -0.4 is 5.32 Å². The molecule has 2 nitrogen and oxygen atoms in total. The van der Waals surface area contributed by atoms with Crippen molar-refractivity contribution in [3.05, 3.63) is 22.4 Å². The molecule has 19 heavy (non-hydrogen) atoms. The first kappa shape index (κ1) is 13.4. The van der Waals surface area contributed by atoms with Crippen molar-refractivity contribution in [3.8, 4) is 0 Å². The van der Waals surface area contributed by atoms with Crippen molar-refractivity contribution in [2.24, 2.45) is 5.92 Å². The van der Waals surface area contributed by atoms with E-state index in [1.807, 2.05) is 6.07 Å². The van der Waals surface area contributed by atoms with Gasteiger partial charge in [0, 0.05) is 21.3 Å². The van der Waals surface area contributed by atoms with Crippen molar-refractivity contribution in [1.29, 1.82) is 0 Å². The fourth-order valence-corrected chi connectivity index (χ4v) is 5.08. The second-order valence-electron chi connectivity index (χ2n) is 5.04. The van der Waals surface area contributed by atoms with Crippen molar-refractivity contribution in [3.63, 3.8) is 0 Å². The highest BCUT2D eigenvalue weighted by molar-refractivity contribution is 7.27. The zero-order valence-corrected chi connectivity index (χ0v) is 12.9. The molecule has 1 saturated carbocycles. The standard InChI is InChI=1S/C14H16ClNOS2/c15-8-9-3-1-2-4-10(9)16-14(17)13-7-12-11(19-13)5-6-18-12/h5-7,9-10H,1-4,8H2,(H,16,17). The van der Waals surface area contributed by atoms with E-state index in [0.717, 1.165) is 17.7 Å². The summed E-state index contributed by atoms with van der Waals surface area (Å²) in [6, 6.07) is 4.32. The highest BCUT2D eigenvalue weighted by Crippen LogP contribution is 2.31. The number of halogens is 1. The lowest BCUT2D eigenvalue weighted by Gasteiger charge is -2.30. The monoisotopic (exact) mass is 313 g/mol. The Kier molecular flexibility index (Phi) is 4.10. The second-order valence-corrected chi connectivity index (χ2v) is 7.38. The van der Waals surface area contributed by atoms with Crippen LogP contribution in [0.15, 0.2) is 17.5 Å². The average molecular weight is 314 g/mol. The summed E-state index contributed by atoms with van der Waals surface area (Å²) in [5.41, 5.74) is 0. The van der Waals surface area contributed by atoms with E-state index in [9.17, 15) is 4.79 Å². The number of rotatable bonds is 3. The van der Waals surface area contributed by atoms with Gasteiger partial charge in [-0.15, -0.1) is 34.3 Å². The van der Waals surface area contributed by atoms with E-state index in [1.165, 1.54) is 22.2 Å². The summed E-state index contributed by atoms with van der Waals surface area (Å²) >= 11 is 9.27. The quantitative estimate of drug-likeness (QED) is 0.831. The Morgan fingerprint density at radius 3 is 3.00 bits per heavy atom. The Bertz CT molecular complexity index is 548. The largest absolute Gasteiger partial charge is 0.348 e. The van der Waals surface area contributed by atoms with E-state index in [4.69, 9.17) is 11.6 Å². The van der Waals surface area contributed by atoms with Gasteiger partial charge in [0.1, 0.15) is 0 Å². The lowest BCUT2D eigenvalue weighted by molar-refractivity contribution is 0.0915. The minimum Gasteiger partial charge on any atom is -0.348 e. The Hall–Kier alpha value is -0.580. The molecule has 1 aliphatic rings. The number of carbonyl (C=O) groups excluding carboxylic acids is 1. The molecule has 102 valence electrons. The zero-order chi connectivity index (χ0) is 13.2. The van der Waals surface area contributed by atoms with E-state index >= 15 is 0 Å². The molecular formula is C14H16ClNOS2. The first-order chi connectivity index (χ1) is 9.28. The molecule has 5 heteroatoms. The van der Waals surface area contributed by atoms with Gasteiger partial charge >= 0.3 is 0 Å². The molecule has 2 aromatic heterocycles. The molecule has 2 atom stereocenters. The lowest BCUT2D eigenvalue weighted by atomic mass is 9.86. The van der Waals surface area contributed by atoms with E-state index in [0.29, 0.717) is 11.8 Å². The number of hydrogen-bond acceptors (Lipinski definition) is 3. The Morgan fingerprint density at radius 1 is 1.37 bits per heavy atom. The van der Waals surface area contributed by atoms with Crippen LogP contribution in [0.3, 0.4) is 0 Å². The van der Waals surface area contributed by atoms with Gasteiger partial charge in [-0.25, -0.2) is 0 Å². The van der Waals surface area contributed by atoms with Crippen LogP contribution in [0.5, 0.6) is 0 Å². The van der Waals surface area contributed by atoms with Gasteiger partial charge in [-0.05, 0) is 36.3 Å². The molecule has 0 aromatic carbocycles.